The minimum absolute atomic E-state index is 0.0411. The Kier molecular flexibility index (Phi) is 43.5. The highest BCUT2D eigenvalue weighted by Gasteiger charge is 2.44. The Morgan fingerprint density at radius 3 is 1.59 bits per heavy atom. The Labute approximate surface area is 414 Å². The molecular weight excluding hydrogens is 859 g/mol. The van der Waals surface area contributed by atoms with Gasteiger partial charge in [0.15, 0.2) is 6.29 Å². The van der Waals surface area contributed by atoms with Crippen LogP contribution in [0.4, 0.5) is 0 Å². The van der Waals surface area contributed by atoms with Crippen molar-refractivity contribution in [1.29, 1.82) is 0 Å². The van der Waals surface area contributed by atoms with Gasteiger partial charge >= 0.3 is 5.97 Å². The molecule has 11 heteroatoms. The Bertz CT molecular complexity index is 1310. The van der Waals surface area contributed by atoms with Crippen LogP contribution in [0.5, 0.6) is 0 Å². The van der Waals surface area contributed by atoms with Gasteiger partial charge < -0.3 is 45.1 Å². The standard InChI is InChI=1S/C57H101NO10/c1-3-5-7-9-11-13-24-29-33-37-41-45-53(62)66-46-42-38-34-30-26-23-21-19-17-15-16-18-20-22-25-28-32-36-40-44-52(61)58-49(48-67-57-56(65)55(64)54(63)51(47-59)68-57)50(60)43-39-35-31-27-14-12-10-8-6-4-2/h9,11,14,19,21,23,26-27,39,43,49-51,54-57,59-60,63-65H,3-8,10,12-13,15-18,20,22,24-25,28-38,40-42,44-48H2,1-2H3,(H,58,61)/b11-9-,21-19-,26-23-,27-14+,43-39+. The Morgan fingerprint density at radius 2 is 1.01 bits per heavy atom. The fraction of sp³-hybridized carbons (Fsp3) is 0.789. The summed E-state index contributed by atoms with van der Waals surface area (Å²) in [6.45, 7) is 4.18. The first kappa shape index (κ1) is 63.4. The predicted octanol–water partition coefficient (Wildman–Crippen LogP) is 11.9. The van der Waals surface area contributed by atoms with E-state index in [9.17, 15) is 35.1 Å². The van der Waals surface area contributed by atoms with E-state index in [0.717, 1.165) is 89.9 Å². The molecule has 1 aliphatic heterocycles. The highest BCUT2D eigenvalue weighted by atomic mass is 16.7. The third kappa shape index (κ3) is 36.3. The fourth-order valence-electron chi connectivity index (χ4n) is 8.13. The lowest BCUT2D eigenvalue weighted by Gasteiger charge is -2.40. The second-order valence-electron chi connectivity index (χ2n) is 18.9. The summed E-state index contributed by atoms with van der Waals surface area (Å²) < 4.78 is 16.6. The van der Waals surface area contributed by atoms with Gasteiger partial charge in [0.25, 0.3) is 0 Å². The van der Waals surface area contributed by atoms with Crippen molar-refractivity contribution < 1.29 is 49.3 Å². The van der Waals surface area contributed by atoms with Crippen LogP contribution in [0.1, 0.15) is 226 Å². The first-order valence-electron chi connectivity index (χ1n) is 27.6. The minimum atomic E-state index is -1.58. The summed E-state index contributed by atoms with van der Waals surface area (Å²) in [5.74, 6) is -0.247. The van der Waals surface area contributed by atoms with E-state index in [4.69, 9.17) is 14.2 Å². The number of carbonyl (C=O) groups is 2. The molecule has 0 aromatic carbocycles. The van der Waals surface area contributed by atoms with Gasteiger partial charge in [0.1, 0.15) is 24.4 Å². The molecule has 0 aliphatic carbocycles. The zero-order valence-corrected chi connectivity index (χ0v) is 43.0. The quantitative estimate of drug-likeness (QED) is 0.0149. The summed E-state index contributed by atoms with van der Waals surface area (Å²) in [5, 5.41) is 54.1. The number of allylic oxidation sites excluding steroid dienone is 9. The molecule has 0 bridgehead atoms. The number of ether oxygens (including phenoxy) is 3. The lowest BCUT2D eigenvalue weighted by Crippen LogP contribution is -2.60. The molecule has 1 rings (SSSR count). The predicted molar refractivity (Wildman–Crippen MR) is 278 cm³/mol. The van der Waals surface area contributed by atoms with E-state index in [1.165, 1.54) is 109 Å². The Balaban J connectivity index is 2.12. The molecule has 394 valence electrons. The summed E-state index contributed by atoms with van der Waals surface area (Å²) in [5.41, 5.74) is 0. The van der Waals surface area contributed by atoms with Crippen molar-refractivity contribution in [3.05, 3.63) is 60.8 Å². The normalized spacial score (nSPS) is 19.9. The summed E-state index contributed by atoms with van der Waals surface area (Å²) in [6, 6.07) is -0.835. The van der Waals surface area contributed by atoms with Gasteiger partial charge in [0.2, 0.25) is 5.91 Å². The van der Waals surface area contributed by atoms with E-state index < -0.39 is 49.5 Å². The number of carbonyl (C=O) groups excluding carboxylic acids is 2. The van der Waals surface area contributed by atoms with E-state index in [0.29, 0.717) is 19.4 Å². The lowest BCUT2D eigenvalue weighted by molar-refractivity contribution is -0.302. The molecule has 1 aliphatic rings. The average molecular weight is 960 g/mol. The summed E-state index contributed by atoms with van der Waals surface area (Å²) in [4.78, 5) is 25.0. The van der Waals surface area contributed by atoms with Crippen molar-refractivity contribution in [2.24, 2.45) is 0 Å². The van der Waals surface area contributed by atoms with Crippen LogP contribution in [0.25, 0.3) is 0 Å². The van der Waals surface area contributed by atoms with Crippen LogP contribution in [-0.2, 0) is 23.8 Å². The Hall–Kier alpha value is -2.64. The number of rotatable bonds is 46. The third-order valence-electron chi connectivity index (χ3n) is 12.6. The number of nitrogens with one attached hydrogen (secondary N) is 1. The van der Waals surface area contributed by atoms with Gasteiger partial charge in [0, 0.05) is 12.8 Å². The molecule has 0 aromatic rings. The molecule has 1 amide bonds. The molecule has 11 nitrogen and oxygen atoms in total. The number of aliphatic hydroxyl groups excluding tert-OH is 5. The van der Waals surface area contributed by atoms with Crippen LogP contribution in [-0.4, -0.2) is 100 Å². The largest absolute Gasteiger partial charge is 0.466 e. The van der Waals surface area contributed by atoms with E-state index in [1.54, 1.807) is 6.08 Å². The zero-order chi connectivity index (χ0) is 49.6. The molecule has 1 saturated heterocycles. The van der Waals surface area contributed by atoms with E-state index in [-0.39, 0.29) is 18.5 Å². The molecule has 6 N–H and O–H groups in total. The fourth-order valence-corrected chi connectivity index (χ4v) is 8.13. The maximum atomic E-state index is 13.0. The van der Waals surface area contributed by atoms with Crippen LogP contribution in [0, 0.1) is 0 Å². The first-order valence-corrected chi connectivity index (χ1v) is 27.6. The SMILES string of the molecule is CCCC/C=C\CCCCCCCC(=O)OCCCCC/C=C\C=C/CCCCCCCCCCCCC(=O)NC(COC1OC(CO)C(O)C(O)C1O)C(O)/C=C/CC/C=C/CCCCCC. The minimum Gasteiger partial charge on any atom is -0.466 e. The molecule has 0 radical (unpaired) electrons. The van der Waals surface area contributed by atoms with Crippen LogP contribution in [0.3, 0.4) is 0 Å². The number of hydrogen-bond donors (Lipinski definition) is 6. The molecule has 7 unspecified atom stereocenters. The summed E-state index contributed by atoms with van der Waals surface area (Å²) >= 11 is 0. The first-order chi connectivity index (χ1) is 33.2. The van der Waals surface area contributed by atoms with E-state index >= 15 is 0 Å². The van der Waals surface area contributed by atoms with E-state index in [1.807, 2.05) is 6.08 Å². The molecule has 7 atom stereocenters. The second kappa shape index (κ2) is 46.7. The summed E-state index contributed by atoms with van der Waals surface area (Å²) in [7, 11) is 0. The van der Waals surface area contributed by atoms with Gasteiger partial charge in [-0.3, -0.25) is 9.59 Å². The smallest absolute Gasteiger partial charge is 0.305 e. The van der Waals surface area contributed by atoms with Crippen molar-refractivity contribution in [3.8, 4) is 0 Å². The van der Waals surface area contributed by atoms with Gasteiger partial charge in [-0.25, -0.2) is 0 Å². The van der Waals surface area contributed by atoms with Gasteiger partial charge in [-0.05, 0) is 96.3 Å². The van der Waals surface area contributed by atoms with Gasteiger partial charge in [0.05, 0.1) is 32.0 Å². The van der Waals surface area contributed by atoms with Gasteiger partial charge in [-0.1, -0.05) is 177 Å². The monoisotopic (exact) mass is 960 g/mol. The van der Waals surface area contributed by atoms with Crippen molar-refractivity contribution in [2.45, 2.75) is 269 Å². The van der Waals surface area contributed by atoms with Crippen molar-refractivity contribution in [3.63, 3.8) is 0 Å². The Morgan fingerprint density at radius 1 is 0.544 bits per heavy atom. The maximum Gasteiger partial charge on any atom is 0.305 e. The topological polar surface area (TPSA) is 175 Å². The van der Waals surface area contributed by atoms with Crippen LogP contribution in [0.2, 0.25) is 0 Å². The number of aliphatic hydroxyl groups is 5. The molecule has 1 fully saturated rings. The zero-order valence-electron chi connectivity index (χ0n) is 43.0. The highest BCUT2D eigenvalue weighted by molar-refractivity contribution is 5.76. The van der Waals surface area contributed by atoms with Gasteiger partial charge in [-0.2, -0.15) is 0 Å². The maximum absolute atomic E-state index is 13.0. The summed E-state index contributed by atoms with van der Waals surface area (Å²) in [6.07, 6.45) is 48.9. The second-order valence-corrected chi connectivity index (χ2v) is 18.9. The van der Waals surface area contributed by atoms with Crippen LogP contribution < -0.4 is 5.32 Å². The molecule has 1 heterocycles. The van der Waals surface area contributed by atoms with Crippen molar-refractivity contribution in [2.75, 3.05) is 19.8 Å². The van der Waals surface area contributed by atoms with E-state index in [2.05, 4.69) is 67.8 Å². The average Bonchev–Trinajstić information content (AvgIpc) is 3.33. The third-order valence-corrected chi connectivity index (χ3v) is 12.6. The highest BCUT2D eigenvalue weighted by Crippen LogP contribution is 2.23. The molecule has 0 aromatic heterocycles. The molecular formula is C57H101NO10. The van der Waals surface area contributed by atoms with Crippen molar-refractivity contribution >= 4 is 11.9 Å². The lowest BCUT2D eigenvalue weighted by atomic mass is 9.99. The van der Waals surface area contributed by atoms with Crippen LogP contribution in [0.15, 0.2) is 60.8 Å². The number of esters is 1. The molecule has 0 saturated carbocycles. The van der Waals surface area contributed by atoms with Gasteiger partial charge in [-0.15, -0.1) is 0 Å². The number of unbranched alkanes of at least 4 members (excludes halogenated alkanes) is 25. The van der Waals surface area contributed by atoms with Crippen molar-refractivity contribution in [1.82, 2.24) is 5.32 Å². The number of amides is 1. The number of hydrogen-bond acceptors (Lipinski definition) is 10. The van der Waals surface area contributed by atoms with Crippen LogP contribution >= 0.6 is 0 Å². The molecule has 68 heavy (non-hydrogen) atoms. The molecule has 0 spiro atoms.